The fraction of sp³-hybridized carbons (Fsp3) is 0.0588. The molecule has 0 saturated heterocycles. The fourth-order valence-electron chi connectivity index (χ4n) is 2.37. The molecule has 7 heteroatoms. The number of carbonyl (C=O) groups is 2. The summed E-state index contributed by atoms with van der Waals surface area (Å²) in [5.41, 5.74) is 6.25. The number of carbonyl (C=O) groups excluding carboxylic acids is 2. The Morgan fingerprint density at radius 1 is 1.04 bits per heavy atom. The van der Waals surface area contributed by atoms with E-state index in [0.29, 0.717) is 16.3 Å². The third-order valence-corrected chi connectivity index (χ3v) is 3.76. The van der Waals surface area contributed by atoms with Crippen molar-refractivity contribution in [2.75, 3.05) is 7.11 Å². The molecule has 122 valence electrons. The lowest BCUT2D eigenvalue weighted by atomic mass is 10.1. The summed E-state index contributed by atoms with van der Waals surface area (Å²) in [4.78, 5) is 27.5. The number of H-pyrrole nitrogens is 1. The summed E-state index contributed by atoms with van der Waals surface area (Å²) >= 11 is 5.90. The zero-order valence-electron chi connectivity index (χ0n) is 12.7. The van der Waals surface area contributed by atoms with Crippen LogP contribution in [-0.4, -0.2) is 23.9 Å². The minimum atomic E-state index is -0.525. The molecular weight excluding hydrogens is 330 g/mol. The van der Waals surface area contributed by atoms with Gasteiger partial charge in [0.05, 0.1) is 18.2 Å². The lowest BCUT2D eigenvalue weighted by Crippen LogP contribution is -2.41. The van der Waals surface area contributed by atoms with Crippen LogP contribution in [0.15, 0.2) is 48.7 Å². The van der Waals surface area contributed by atoms with Crippen molar-refractivity contribution in [1.29, 1.82) is 0 Å². The molecule has 24 heavy (non-hydrogen) atoms. The predicted octanol–water partition coefficient (Wildman–Crippen LogP) is 2.90. The van der Waals surface area contributed by atoms with Crippen LogP contribution in [0.3, 0.4) is 0 Å². The summed E-state index contributed by atoms with van der Waals surface area (Å²) in [7, 11) is 1.45. The van der Waals surface area contributed by atoms with Gasteiger partial charge in [0.15, 0.2) is 0 Å². The van der Waals surface area contributed by atoms with E-state index in [1.165, 1.54) is 13.2 Å². The third kappa shape index (κ3) is 3.04. The van der Waals surface area contributed by atoms with E-state index in [-0.39, 0.29) is 5.56 Å². The molecule has 3 rings (SSSR count). The van der Waals surface area contributed by atoms with E-state index < -0.39 is 11.8 Å². The summed E-state index contributed by atoms with van der Waals surface area (Å²) in [6.45, 7) is 0. The quantitative estimate of drug-likeness (QED) is 0.639. The van der Waals surface area contributed by atoms with Gasteiger partial charge < -0.3 is 9.72 Å². The van der Waals surface area contributed by atoms with Crippen LogP contribution in [0.1, 0.15) is 20.7 Å². The fourth-order valence-corrected chi connectivity index (χ4v) is 2.54. The summed E-state index contributed by atoms with van der Waals surface area (Å²) in [6.07, 6.45) is 1.59. The van der Waals surface area contributed by atoms with Gasteiger partial charge in [0.1, 0.15) is 5.75 Å². The molecule has 0 spiro atoms. The van der Waals surface area contributed by atoms with Crippen molar-refractivity contribution < 1.29 is 14.3 Å². The lowest BCUT2D eigenvalue weighted by Gasteiger charge is -2.10. The highest BCUT2D eigenvalue weighted by atomic mass is 35.5. The Kier molecular flexibility index (Phi) is 4.39. The van der Waals surface area contributed by atoms with Gasteiger partial charge in [-0.15, -0.1) is 0 Å². The van der Waals surface area contributed by atoms with Gasteiger partial charge in [-0.1, -0.05) is 29.8 Å². The molecular formula is C17H14ClN3O3. The molecule has 0 aliphatic carbocycles. The number of aromatic amines is 1. The SMILES string of the molecule is COc1ccc(Cl)cc1C(=O)NNC(=O)c1c[nH]c2ccccc12. The molecule has 0 atom stereocenters. The van der Waals surface area contributed by atoms with E-state index in [0.717, 1.165) is 10.9 Å². The largest absolute Gasteiger partial charge is 0.496 e. The van der Waals surface area contributed by atoms with E-state index in [1.807, 2.05) is 24.3 Å². The number of nitrogens with one attached hydrogen (secondary N) is 3. The molecule has 3 aromatic rings. The molecule has 0 aliphatic heterocycles. The average Bonchev–Trinajstić information content (AvgIpc) is 3.03. The highest BCUT2D eigenvalue weighted by molar-refractivity contribution is 6.31. The highest BCUT2D eigenvalue weighted by Gasteiger charge is 2.16. The van der Waals surface area contributed by atoms with Crippen molar-refractivity contribution in [2.45, 2.75) is 0 Å². The number of benzene rings is 2. The first kappa shape index (κ1) is 15.9. The van der Waals surface area contributed by atoms with E-state index in [9.17, 15) is 9.59 Å². The van der Waals surface area contributed by atoms with Gasteiger partial charge in [-0.3, -0.25) is 20.4 Å². The Hall–Kier alpha value is -2.99. The molecule has 6 nitrogen and oxygen atoms in total. The Balaban J connectivity index is 1.75. The summed E-state index contributed by atoms with van der Waals surface area (Å²) in [6, 6.07) is 12.0. The van der Waals surface area contributed by atoms with Crippen LogP contribution < -0.4 is 15.6 Å². The first-order valence-electron chi connectivity index (χ1n) is 7.10. The lowest BCUT2D eigenvalue weighted by molar-refractivity contribution is 0.0846. The standard InChI is InChI=1S/C17H14ClN3O3/c1-24-15-7-6-10(18)8-12(15)16(22)20-21-17(23)13-9-19-14-5-3-2-4-11(13)14/h2-9,19H,1H3,(H,20,22)(H,21,23). The van der Waals surface area contributed by atoms with Crippen LogP contribution in [0.2, 0.25) is 5.02 Å². The number of hydrogen-bond donors (Lipinski definition) is 3. The number of aromatic nitrogens is 1. The maximum absolute atomic E-state index is 12.3. The first-order chi connectivity index (χ1) is 11.6. The first-order valence-corrected chi connectivity index (χ1v) is 7.48. The van der Waals surface area contributed by atoms with E-state index in [4.69, 9.17) is 16.3 Å². The van der Waals surface area contributed by atoms with Gasteiger partial charge in [-0.25, -0.2) is 0 Å². The number of methoxy groups -OCH3 is 1. The minimum absolute atomic E-state index is 0.226. The third-order valence-electron chi connectivity index (χ3n) is 3.53. The maximum Gasteiger partial charge on any atom is 0.273 e. The monoisotopic (exact) mass is 343 g/mol. The number of fused-ring (bicyclic) bond motifs is 1. The predicted molar refractivity (Wildman–Crippen MR) is 91.2 cm³/mol. The molecule has 2 aromatic carbocycles. The molecule has 1 heterocycles. The van der Waals surface area contributed by atoms with Crippen molar-refractivity contribution in [2.24, 2.45) is 0 Å². The van der Waals surface area contributed by atoms with Crippen LogP contribution in [0.5, 0.6) is 5.75 Å². The Labute approximate surface area is 142 Å². The van der Waals surface area contributed by atoms with Crippen molar-refractivity contribution >= 4 is 34.3 Å². The molecule has 0 radical (unpaired) electrons. The average molecular weight is 344 g/mol. The zero-order chi connectivity index (χ0) is 17.1. The maximum atomic E-state index is 12.3. The molecule has 0 saturated carbocycles. The summed E-state index contributed by atoms with van der Waals surface area (Å²) < 4.78 is 5.12. The highest BCUT2D eigenvalue weighted by Crippen LogP contribution is 2.22. The Morgan fingerprint density at radius 3 is 2.50 bits per heavy atom. The van der Waals surface area contributed by atoms with Gasteiger partial charge in [-0.05, 0) is 24.3 Å². The number of halogens is 1. The number of ether oxygens (including phenoxy) is 1. The topological polar surface area (TPSA) is 83.2 Å². The van der Waals surface area contributed by atoms with Gasteiger partial charge in [0.2, 0.25) is 0 Å². The Bertz CT molecular complexity index is 920. The van der Waals surface area contributed by atoms with E-state index >= 15 is 0 Å². The Morgan fingerprint density at radius 2 is 1.75 bits per heavy atom. The van der Waals surface area contributed by atoms with Gasteiger partial charge in [-0.2, -0.15) is 0 Å². The molecule has 0 fully saturated rings. The second-order valence-corrected chi connectivity index (χ2v) is 5.44. The number of hydrogen-bond acceptors (Lipinski definition) is 3. The van der Waals surface area contributed by atoms with E-state index in [2.05, 4.69) is 15.8 Å². The molecule has 1 aromatic heterocycles. The van der Waals surface area contributed by atoms with Gasteiger partial charge in [0, 0.05) is 22.1 Å². The molecule has 2 amide bonds. The molecule has 0 aliphatic rings. The van der Waals surface area contributed by atoms with Crippen LogP contribution in [-0.2, 0) is 0 Å². The molecule has 0 unspecified atom stereocenters. The summed E-state index contributed by atoms with van der Waals surface area (Å²) in [5, 5.41) is 1.16. The molecule has 0 bridgehead atoms. The summed E-state index contributed by atoms with van der Waals surface area (Å²) in [5.74, 6) is -0.595. The van der Waals surface area contributed by atoms with Crippen LogP contribution >= 0.6 is 11.6 Å². The number of rotatable bonds is 3. The van der Waals surface area contributed by atoms with Crippen LogP contribution in [0, 0.1) is 0 Å². The minimum Gasteiger partial charge on any atom is -0.496 e. The second-order valence-electron chi connectivity index (χ2n) is 5.00. The number of amides is 2. The van der Waals surface area contributed by atoms with E-state index in [1.54, 1.807) is 18.3 Å². The van der Waals surface area contributed by atoms with Crippen molar-refractivity contribution in [3.63, 3.8) is 0 Å². The second kappa shape index (κ2) is 6.64. The van der Waals surface area contributed by atoms with Crippen molar-refractivity contribution in [3.05, 3.63) is 64.8 Å². The normalized spacial score (nSPS) is 10.4. The zero-order valence-corrected chi connectivity index (χ0v) is 13.5. The number of hydrazine groups is 1. The smallest absolute Gasteiger partial charge is 0.273 e. The van der Waals surface area contributed by atoms with Crippen LogP contribution in [0.25, 0.3) is 10.9 Å². The van der Waals surface area contributed by atoms with Crippen molar-refractivity contribution in [3.8, 4) is 5.75 Å². The molecule has 3 N–H and O–H groups in total. The van der Waals surface area contributed by atoms with Crippen molar-refractivity contribution in [1.82, 2.24) is 15.8 Å². The van der Waals surface area contributed by atoms with Gasteiger partial charge in [0.25, 0.3) is 11.8 Å². The van der Waals surface area contributed by atoms with Crippen LogP contribution in [0.4, 0.5) is 0 Å². The van der Waals surface area contributed by atoms with Gasteiger partial charge >= 0.3 is 0 Å². The number of para-hydroxylation sites is 1.